The van der Waals surface area contributed by atoms with Crippen LogP contribution in [0.5, 0.6) is 0 Å². The highest BCUT2D eigenvalue weighted by molar-refractivity contribution is 5.85. The molecule has 3 rings (SSSR count). The maximum absolute atomic E-state index is 4.30. The molecule has 2 nitrogen and oxygen atoms in total. The van der Waals surface area contributed by atoms with Crippen molar-refractivity contribution in [2.75, 3.05) is 6.54 Å². The zero-order valence-corrected chi connectivity index (χ0v) is 12.5. The Balaban J connectivity index is 2.13. The van der Waals surface area contributed by atoms with Crippen LogP contribution >= 0.6 is 0 Å². The second kappa shape index (κ2) is 6.06. The Morgan fingerprint density at radius 3 is 2.62 bits per heavy atom. The minimum atomic E-state index is 0.198. The van der Waals surface area contributed by atoms with E-state index in [9.17, 15) is 0 Å². The minimum absolute atomic E-state index is 0.198. The number of pyridine rings is 1. The zero-order chi connectivity index (χ0) is 14.7. The minimum Gasteiger partial charge on any atom is -0.307 e. The number of hydrogen-bond donors (Lipinski definition) is 1. The van der Waals surface area contributed by atoms with Gasteiger partial charge in [-0.05, 0) is 36.0 Å². The smallest absolute Gasteiger partial charge is 0.0583 e. The number of rotatable bonds is 4. The number of benzene rings is 2. The third-order valence-electron chi connectivity index (χ3n) is 3.85. The maximum Gasteiger partial charge on any atom is 0.0583 e. The van der Waals surface area contributed by atoms with Gasteiger partial charge in [-0.15, -0.1) is 0 Å². The molecule has 0 saturated carbocycles. The normalized spacial score (nSPS) is 12.5. The maximum atomic E-state index is 4.30. The van der Waals surface area contributed by atoms with E-state index in [4.69, 9.17) is 0 Å². The average Bonchev–Trinajstić information content (AvgIpc) is 2.53. The second-order valence-electron chi connectivity index (χ2n) is 5.35. The molecule has 0 aliphatic heterocycles. The average molecular weight is 276 g/mol. The monoisotopic (exact) mass is 276 g/mol. The van der Waals surface area contributed by atoms with Crippen molar-refractivity contribution in [3.63, 3.8) is 0 Å². The molecule has 2 heteroatoms. The number of nitrogens with zero attached hydrogens (tertiary/aromatic N) is 1. The van der Waals surface area contributed by atoms with Gasteiger partial charge in [0.2, 0.25) is 0 Å². The first-order valence-electron chi connectivity index (χ1n) is 7.42. The third kappa shape index (κ3) is 2.81. The molecule has 1 heterocycles. The highest BCUT2D eigenvalue weighted by Gasteiger charge is 2.15. The highest BCUT2D eigenvalue weighted by Crippen LogP contribution is 2.28. The molecule has 0 fully saturated rings. The molecule has 0 aliphatic carbocycles. The van der Waals surface area contributed by atoms with E-state index in [-0.39, 0.29) is 6.04 Å². The molecule has 1 unspecified atom stereocenters. The van der Waals surface area contributed by atoms with Crippen molar-refractivity contribution in [2.24, 2.45) is 0 Å². The summed E-state index contributed by atoms with van der Waals surface area (Å²) >= 11 is 0. The molecule has 2 aromatic carbocycles. The molecule has 21 heavy (non-hydrogen) atoms. The quantitative estimate of drug-likeness (QED) is 0.771. The molecule has 0 spiro atoms. The highest BCUT2D eigenvalue weighted by atomic mass is 14.9. The molecular formula is C19H20N2. The van der Waals surface area contributed by atoms with Crippen LogP contribution in [0.1, 0.15) is 29.7 Å². The van der Waals surface area contributed by atoms with Crippen LogP contribution < -0.4 is 5.32 Å². The summed E-state index contributed by atoms with van der Waals surface area (Å²) in [6.07, 6.45) is 3.81. The van der Waals surface area contributed by atoms with Gasteiger partial charge in [0.05, 0.1) is 6.04 Å². The van der Waals surface area contributed by atoms with Gasteiger partial charge < -0.3 is 5.32 Å². The topological polar surface area (TPSA) is 24.9 Å². The van der Waals surface area contributed by atoms with Gasteiger partial charge >= 0.3 is 0 Å². The number of nitrogens with one attached hydrogen (secondary N) is 1. The van der Waals surface area contributed by atoms with Crippen molar-refractivity contribution < 1.29 is 0 Å². The van der Waals surface area contributed by atoms with Crippen molar-refractivity contribution in [2.45, 2.75) is 19.9 Å². The first-order valence-corrected chi connectivity index (χ1v) is 7.42. The van der Waals surface area contributed by atoms with Gasteiger partial charge in [-0.3, -0.25) is 4.98 Å². The molecule has 0 saturated heterocycles. The van der Waals surface area contributed by atoms with Gasteiger partial charge in [0.1, 0.15) is 0 Å². The third-order valence-corrected chi connectivity index (χ3v) is 3.85. The molecule has 1 N–H and O–H groups in total. The summed E-state index contributed by atoms with van der Waals surface area (Å²) < 4.78 is 0. The van der Waals surface area contributed by atoms with Crippen LogP contribution in [0.15, 0.2) is 60.9 Å². The second-order valence-corrected chi connectivity index (χ2v) is 5.35. The Hall–Kier alpha value is -2.19. The summed E-state index contributed by atoms with van der Waals surface area (Å²) in [4.78, 5) is 4.30. The van der Waals surface area contributed by atoms with E-state index in [1.54, 1.807) is 0 Å². The van der Waals surface area contributed by atoms with Crippen molar-refractivity contribution in [3.8, 4) is 0 Å². The molecule has 0 amide bonds. The molecule has 106 valence electrons. The number of fused-ring (bicyclic) bond motifs is 1. The number of aryl methyl sites for hydroxylation is 1. The van der Waals surface area contributed by atoms with Crippen LogP contribution in [0.4, 0.5) is 0 Å². The predicted molar refractivity (Wildman–Crippen MR) is 88.4 cm³/mol. The molecule has 3 aromatic rings. The largest absolute Gasteiger partial charge is 0.307 e. The van der Waals surface area contributed by atoms with Crippen molar-refractivity contribution in [1.82, 2.24) is 10.3 Å². The number of hydrogen-bond acceptors (Lipinski definition) is 2. The van der Waals surface area contributed by atoms with Gasteiger partial charge in [0.15, 0.2) is 0 Å². The Morgan fingerprint density at radius 1 is 1.05 bits per heavy atom. The van der Waals surface area contributed by atoms with E-state index >= 15 is 0 Å². The fourth-order valence-electron chi connectivity index (χ4n) is 2.76. The molecule has 1 atom stereocenters. The van der Waals surface area contributed by atoms with Crippen molar-refractivity contribution in [3.05, 3.63) is 77.6 Å². The number of aromatic nitrogens is 1. The van der Waals surface area contributed by atoms with Crippen LogP contribution in [0.25, 0.3) is 10.8 Å². The van der Waals surface area contributed by atoms with E-state index < -0.39 is 0 Å². The van der Waals surface area contributed by atoms with Crippen LogP contribution in [0.3, 0.4) is 0 Å². The Kier molecular flexibility index (Phi) is 3.98. The van der Waals surface area contributed by atoms with Crippen LogP contribution in [-0.4, -0.2) is 11.5 Å². The van der Waals surface area contributed by atoms with E-state index in [1.165, 1.54) is 27.5 Å². The van der Waals surface area contributed by atoms with E-state index in [1.807, 2.05) is 12.4 Å². The fourth-order valence-corrected chi connectivity index (χ4v) is 2.76. The standard InChI is InChI=1S/C19H20N2/c1-3-21-19(16-9-7-14(2)8-10-16)17-6-4-5-15-11-12-20-13-18(15)17/h4-13,19,21H,3H2,1-2H3. The summed E-state index contributed by atoms with van der Waals surface area (Å²) in [7, 11) is 0. The predicted octanol–water partition coefficient (Wildman–Crippen LogP) is 4.24. The van der Waals surface area contributed by atoms with Crippen LogP contribution in [0, 0.1) is 6.92 Å². The van der Waals surface area contributed by atoms with Crippen molar-refractivity contribution in [1.29, 1.82) is 0 Å². The van der Waals surface area contributed by atoms with E-state index in [0.717, 1.165) is 6.54 Å². The Labute approximate surface area is 125 Å². The van der Waals surface area contributed by atoms with Gasteiger partial charge in [-0.2, -0.15) is 0 Å². The SMILES string of the molecule is CCNC(c1ccc(C)cc1)c1cccc2ccncc12. The van der Waals surface area contributed by atoms with Gasteiger partial charge in [-0.25, -0.2) is 0 Å². The Bertz CT molecular complexity index is 727. The lowest BCUT2D eigenvalue weighted by molar-refractivity contribution is 0.634. The van der Waals surface area contributed by atoms with Crippen molar-refractivity contribution >= 4 is 10.8 Å². The summed E-state index contributed by atoms with van der Waals surface area (Å²) in [5.41, 5.74) is 3.86. The zero-order valence-electron chi connectivity index (χ0n) is 12.5. The first-order chi connectivity index (χ1) is 10.3. The molecule has 0 radical (unpaired) electrons. The van der Waals surface area contributed by atoms with Crippen LogP contribution in [0.2, 0.25) is 0 Å². The summed E-state index contributed by atoms with van der Waals surface area (Å²) in [5.74, 6) is 0. The lowest BCUT2D eigenvalue weighted by atomic mass is 9.94. The van der Waals surface area contributed by atoms with Gasteiger partial charge in [0.25, 0.3) is 0 Å². The summed E-state index contributed by atoms with van der Waals surface area (Å²) in [6, 6.07) is 17.5. The molecule has 0 aliphatic rings. The van der Waals surface area contributed by atoms with Gasteiger partial charge in [-0.1, -0.05) is 55.0 Å². The summed E-state index contributed by atoms with van der Waals surface area (Å²) in [6.45, 7) is 5.19. The molecule has 1 aromatic heterocycles. The molecular weight excluding hydrogens is 256 g/mol. The van der Waals surface area contributed by atoms with Crippen LogP contribution in [-0.2, 0) is 0 Å². The Morgan fingerprint density at radius 2 is 1.86 bits per heavy atom. The molecule has 0 bridgehead atoms. The first kappa shape index (κ1) is 13.8. The lowest BCUT2D eigenvalue weighted by Gasteiger charge is -2.21. The lowest BCUT2D eigenvalue weighted by Crippen LogP contribution is -2.22. The fraction of sp³-hybridized carbons (Fsp3) is 0.211. The van der Waals surface area contributed by atoms with E-state index in [0.29, 0.717) is 0 Å². The summed E-state index contributed by atoms with van der Waals surface area (Å²) in [5, 5.41) is 6.05. The van der Waals surface area contributed by atoms with Gasteiger partial charge in [0, 0.05) is 17.8 Å². The van der Waals surface area contributed by atoms with E-state index in [2.05, 4.69) is 72.7 Å².